The first-order valence-electron chi connectivity index (χ1n) is 6.92. The summed E-state index contributed by atoms with van der Waals surface area (Å²) in [4.78, 5) is 0. The fraction of sp³-hybridized carbons (Fsp3) is 0.600. The van der Waals surface area contributed by atoms with Crippen LogP contribution >= 0.6 is 0 Å². The Hall–Kier alpha value is -1.22. The van der Waals surface area contributed by atoms with E-state index >= 15 is 0 Å². The van der Waals surface area contributed by atoms with Crippen molar-refractivity contribution in [2.75, 3.05) is 18.9 Å². The molecular formula is C15H26N2O. The first-order chi connectivity index (χ1) is 8.67. The molecule has 0 bridgehead atoms. The van der Waals surface area contributed by atoms with E-state index in [2.05, 4.69) is 32.2 Å². The molecule has 0 radical (unpaired) electrons. The van der Waals surface area contributed by atoms with E-state index < -0.39 is 0 Å². The fourth-order valence-corrected chi connectivity index (χ4v) is 1.70. The highest BCUT2D eigenvalue weighted by Crippen LogP contribution is 2.22. The smallest absolute Gasteiger partial charge is 0.142 e. The zero-order chi connectivity index (χ0) is 13.4. The highest BCUT2D eigenvalue weighted by atomic mass is 16.5. The molecule has 0 saturated heterocycles. The SMILES string of the molecule is CCCOc1ccc(CCNC(C)CC)cc1N. The Kier molecular flexibility index (Phi) is 6.58. The normalized spacial score (nSPS) is 12.4. The Morgan fingerprint density at radius 2 is 2.11 bits per heavy atom. The summed E-state index contributed by atoms with van der Waals surface area (Å²) < 4.78 is 5.56. The van der Waals surface area contributed by atoms with Crippen molar-refractivity contribution in [2.24, 2.45) is 0 Å². The second-order valence-corrected chi connectivity index (χ2v) is 4.73. The summed E-state index contributed by atoms with van der Waals surface area (Å²) in [7, 11) is 0. The molecule has 102 valence electrons. The third kappa shape index (κ3) is 4.96. The minimum absolute atomic E-state index is 0.578. The number of anilines is 1. The Bertz CT molecular complexity index is 352. The molecular weight excluding hydrogens is 224 g/mol. The van der Waals surface area contributed by atoms with Gasteiger partial charge in [0.15, 0.2) is 0 Å². The second-order valence-electron chi connectivity index (χ2n) is 4.73. The first kappa shape index (κ1) is 14.8. The van der Waals surface area contributed by atoms with Gasteiger partial charge in [-0.2, -0.15) is 0 Å². The van der Waals surface area contributed by atoms with E-state index in [1.165, 1.54) is 5.56 Å². The first-order valence-corrected chi connectivity index (χ1v) is 6.92. The van der Waals surface area contributed by atoms with Crippen LogP contribution < -0.4 is 15.8 Å². The number of nitrogen functional groups attached to an aromatic ring is 1. The third-order valence-electron chi connectivity index (χ3n) is 3.05. The quantitative estimate of drug-likeness (QED) is 0.697. The Balaban J connectivity index is 2.45. The highest BCUT2D eigenvalue weighted by molar-refractivity contribution is 5.54. The predicted molar refractivity (Wildman–Crippen MR) is 78.1 cm³/mol. The highest BCUT2D eigenvalue weighted by Gasteiger charge is 2.02. The number of hydrogen-bond donors (Lipinski definition) is 2. The molecule has 18 heavy (non-hydrogen) atoms. The van der Waals surface area contributed by atoms with Crippen molar-refractivity contribution >= 4 is 5.69 Å². The van der Waals surface area contributed by atoms with Crippen LogP contribution in [0.3, 0.4) is 0 Å². The van der Waals surface area contributed by atoms with Gasteiger partial charge in [0.2, 0.25) is 0 Å². The number of rotatable bonds is 8. The molecule has 0 aliphatic carbocycles. The number of nitrogens with one attached hydrogen (secondary N) is 1. The van der Waals surface area contributed by atoms with Gasteiger partial charge in [-0.25, -0.2) is 0 Å². The van der Waals surface area contributed by atoms with Crippen molar-refractivity contribution in [2.45, 2.75) is 46.1 Å². The number of ether oxygens (including phenoxy) is 1. The average Bonchev–Trinajstić information content (AvgIpc) is 2.37. The molecule has 0 saturated carbocycles. The van der Waals surface area contributed by atoms with E-state index in [9.17, 15) is 0 Å². The summed E-state index contributed by atoms with van der Waals surface area (Å²) in [6.07, 6.45) is 3.16. The van der Waals surface area contributed by atoms with Gasteiger partial charge in [-0.3, -0.25) is 0 Å². The predicted octanol–water partition coefficient (Wildman–Crippen LogP) is 2.99. The number of nitrogens with two attached hydrogens (primary N) is 1. The maximum absolute atomic E-state index is 5.97. The minimum atomic E-state index is 0.578. The maximum atomic E-state index is 5.97. The van der Waals surface area contributed by atoms with Crippen LogP contribution in [0.15, 0.2) is 18.2 Å². The summed E-state index contributed by atoms with van der Waals surface area (Å²) in [5.41, 5.74) is 7.97. The van der Waals surface area contributed by atoms with E-state index in [1.807, 2.05) is 12.1 Å². The molecule has 3 nitrogen and oxygen atoms in total. The van der Waals surface area contributed by atoms with Gasteiger partial charge in [0, 0.05) is 6.04 Å². The van der Waals surface area contributed by atoms with E-state index in [-0.39, 0.29) is 0 Å². The van der Waals surface area contributed by atoms with Crippen LogP contribution in [0.25, 0.3) is 0 Å². The van der Waals surface area contributed by atoms with Gasteiger partial charge in [0.1, 0.15) is 5.75 Å². The van der Waals surface area contributed by atoms with E-state index in [0.717, 1.165) is 43.9 Å². The van der Waals surface area contributed by atoms with Gasteiger partial charge in [0.25, 0.3) is 0 Å². The topological polar surface area (TPSA) is 47.3 Å². The molecule has 0 heterocycles. The Labute approximate surface area is 111 Å². The summed E-state index contributed by atoms with van der Waals surface area (Å²) >= 11 is 0. The molecule has 1 unspecified atom stereocenters. The molecule has 0 spiro atoms. The molecule has 0 aliphatic rings. The lowest BCUT2D eigenvalue weighted by Gasteiger charge is -2.12. The van der Waals surface area contributed by atoms with E-state index in [4.69, 9.17) is 10.5 Å². The molecule has 3 N–H and O–H groups in total. The fourth-order valence-electron chi connectivity index (χ4n) is 1.70. The Morgan fingerprint density at radius 3 is 2.72 bits per heavy atom. The van der Waals surface area contributed by atoms with Gasteiger partial charge in [-0.15, -0.1) is 0 Å². The van der Waals surface area contributed by atoms with Crippen LogP contribution in [0.4, 0.5) is 5.69 Å². The van der Waals surface area contributed by atoms with Gasteiger partial charge in [-0.1, -0.05) is 19.9 Å². The van der Waals surface area contributed by atoms with Crippen LogP contribution in [0.2, 0.25) is 0 Å². The van der Waals surface area contributed by atoms with E-state index in [0.29, 0.717) is 6.04 Å². The lowest BCUT2D eigenvalue weighted by molar-refractivity contribution is 0.319. The van der Waals surface area contributed by atoms with Crippen LogP contribution in [0, 0.1) is 0 Å². The van der Waals surface area contributed by atoms with Crippen LogP contribution in [-0.2, 0) is 6.42 Å². The van der Waals surface area contributed by atoms with Crippen molar-refractivity contribution in [1.82, 2.24) is 5.32 Å². The van der Waals surface area contributed by atoms with Crippen molar-refractivity contribution in [1.29, 1.82) is 0 Å². The molecule has 0 aromatic heterocycles. The molecule has 0 fully saturated rings. The van der Waals surface area contributed by atoms with Gasteiger partial charge in [0.05, 0.1) is 12.3 Å². The second kappa shape index (κ2) is 7.98. The summed E-state index contributed by atoms with van der Waals surface area (Å²) in [5.74, 6) is 0.801. The van der Waals surface area contributed by atoms with Crippen molar-refractivity contribution in [3.8, 4) is 5.75 Å². The van der Waals surface area contributed by atoms with Gasteiger partial charge >= 0.3 is 0 Å². The van der Waals surface area contributed by atoms with E-state index in [1.54, 1.807) is 0 Å². The molecule has 1 rings (SSSR count). The standard InChI is InChI=1S/C15H26N2O/c1-4-10-18-15-7-6-13(11-14(15)16)8-9-17-12(3)5-2/h6-7,11-12,17H,4-5,8-10,16H2,1-3H3. The average molecular weight is 250 g/mol. The monoisotopic (exact) mass is 250 g/mol. The number of benzene rings is 1. The molecule has 1 atom stereocenters. The Morgan fingerprint density at radius 1 is 1.33 bits per heavy atom. The molecule has 1 aromatic rings. The van der Waals surface area contributed by atoms with Crippen LogP contribution in [0.1, 0.15) is 39.2 Å². The minimum Gasteiger partial charge on any atom is -0.491 e. The lowest BCUT2D eigenvalue weighted by Crippen LogP contribution is -2.27. The number of hydrogen-bond acceptors (Lipinski definition) is 3. The van der Waals surface area contributed by atoms with Gasteiger partial charge < -0.3 is 15.8 Å². The molecule has 0 amide bonds. The lowest BCUT2D eigenvalue weighted by atomic mass is 10.1. The molecule has 1 aromatic carbocycles. The summed E-state index contributed by atoms with van der Waals surface area (Å²) in [5, 5.41) is 3.48. The van der Waals surface area contributed by atoms with Gasteiger partial charge in [-0.05, 0) is 50.4 Å². The van der Waals surface area contributed by atoms with Crippen LogP contribution in [0.5, 0.6) is 5.75 Å². The molecule has 0 aliphatic heterocycles. The summed E-state index contributed by atoms with van der Waals surface area (Å²) in [6, 6.07) is 6.67. The zero-order valence-electron chi connectivity index (χ0n) is 11.8. The summed E-state index contributed by atoms with van der Waals surface area (Å²) in [6.45, 7) is 8.19. The largest absolute Gasteiger partial charge is 0.491 e. The van der Waals surface area contributed by atoms with Crippen molar-refractivity contribution < 1.29 is 4.74 Å². The maximum Gasteiger partial charge on any atom is 0.142 e. The van der Waals surface area contributed by atoms with Crippen LogP contribution in [-0.4, -0.2) is 19.2 Å². The van der Waals surface area contributed by atoms with Crippen molar-refractivity contribution in [3.63, 3.8) is 0 Å². The zero-order valence-corrected chi connectivity index (χ0v) is 11.8. The van der Waals surface area contributed by atoms with Crippen molar-refractivity contribution in [3.05, 3.63) is 23.8 Å². The third-order valence-corrected chi connectivity index (χ3v) is 3.05. The molecule has 3 heteroatoms.